The van der Waals surface area contributed by atoms with E-state index < -0.39 is 10.0 Å². The lowest BCUT2D eigenvalue weighted by atomic mass is 9.95. The molecule has 0 atom stereocenters. The van der Waals surface area contributed by atoms with Crippen molar-refractivity contribution in [2.75, 3.05) is 10.8 Å². The largest absolute Gasteiger partial charge is 0.352 e. The molecular weight excluding hydrogens is 396 g/mol. The summed E-state index contributed by atoms with van der Waals surface area (Å²) in [4.78, 5) is 12.8. The van der Waals surface area contributed by atoms with Crippen LogP contribution in [-0.2, 0) is 14.8 Å². The third-order valence-electron chi connectivity index (χ3n) is 4.99. The van der Waals surface area contributed by atoms with E-state index in [2.05, 4.69) is 5.32 Å². The second kappa shape index (κ2) is 8.97. The van der Waals surface area contributed by atoms with Crippen molar-refractivity contribution in [2.24, 2.45) is 0 Å². The van der Waals surface area contributed by atoms with Gasteiger partial charge in [0, 0.05) is 6.04 Å². The van der Waals surface area contributed by atoms with Gasteiger partial charge in [-0.05, 0) is 44.0 Å². The minimum absolute atomic E-state index is 0.108. The normalized spacial score (nSPS) is 15.2. The van der Waals surface area contributed by atoms with Gasteiger partial charge in [-0.1, -0.05) is 60.7 Å². The zero-order valence-electron chi connectivity index (χ0n) is 15.9. The van der Waals surface area contributed by atoms with Crippen molar-refractivity contribution in [3.63, 3.8) is 0 Å². The Morgan fingerprint density at radius 3 is 2.36 bits per heavy atom. The molecule has 0 spiro atoms. The number of anilines is 1. The Bertz CT molecular complexity index is 923. The van der Waals surface area contributed by atoms with Crippen molar-refractivity contribution in [1.82, 2.24) is 5.32 Å². The molecular formula is C21H25ClN2O3S. The number of rotatable bonds is 6. The minimum atomic E-state index is -3.94. The molecule has 28 heavy (non-hydrogen) atoms. The Hall–Kier alpha value is -2.05. The second-order valence-corrected chi connectivity index (χ2v) is 9.45. The Balaban J connectivity index is 1.90. The van der Waals surface area contributed by atoms with Crippen LogP contribution in [0.4, 0.5) is 5.69 Å². The molecule has 7 heteroatoms. The molecule has 150 valence electrons. The lowest BCUT2D eigenvalue weighted by molar-refractivity contribution is -0.120. The summed E-state index contributed by atoms with van der Waals surface area (Å²) >= 11 is 6.28. The van der Waals surface area contributed by atoms with Crippen LogP contribution in [0, 0.1) is 6.92 Å². The summed E-state index contributed by atoms with van der Waals surface area (Å²) in [5, 5.41) is 3.26. The molecule has 5 nitrogen and oxygen atoms in total. The highest BCUT2D eigenvalue weighted by Crippen LogP contribution is 2.30. The molecule has 2 aromatic carbocycles. The fourth-order valence-electron chi connectivity index (χ4n) is 3.44. The zero-order valence-corrected chi connectivity index (χ0v) is 17.5. The fraction of sp³-hybridized carbons (Fsp3) is 0.381. The quantitative estimate of drug-likeness (QED) is 0.757. The first kappa shape index (κ1) is 20.7. The van der Waals surface area contributed by atoms with E-state index in [4.69, 9.17) is 11.6 Å². The number of para-hydroxylation sites is 1. The maximum Gasteiger partial charge on any atom is 0.264 e. The van der Waals surface area contributed by atoms with Gasteiger partial charge < -0.3 is 5.32 Å². The van der Waals surface area contributed by atoms with Crippen LogP contribution in [0.5, 0.6) is 0 Å². The van der Waals surface area contributed by atoms with Gasteiger partial charge in [-0.2, -0.15) is 0 Å². The second-order valence-electron chi connectivity index (χ2n) is 7.18. The zero-order chi connectivity index (χ0) is 20.1. The van der Waals surface area contributed by atoms with E-state index in [1.165, 1.54) is 6.42 Å². The number of amides is 1. The smallest absolute Gasteiger partial charge is 0.264 e. The van der Waals surface area contributed by atoms with E-state index >= 15 is 0 Å². The fourth-order valence-corrected chi connectivity index (χ4v) is 5.17. The number of carbonyl (C=O) groups is 1. The van der Waals surface area contributed by atoms with Crippen LogP contribution < -0.4 is 9.62 Å². The molecule has 0 bridgehead atoms. The van der Waals surface area contributed by atoms with Gasteiger partial charge >= 0.3 is 0 Å². The van der Waals surface area contributed by atoms with Crippen molar-refractivity contribution in [2.45, 2.75) is 50.0 Å². The highest BCUT2D eigenvalue weighted by molar-refractivity contribution is 7.92. The standard InChI is InChI=1S/C21H25ClN2O3S/c1-16-11-13-18(14-12-16)28(26,27)24(20-10-6-5-9-19(20)22)15-21(25)23-17-7-3-2-4-8-17/h5-6,9-14,17H,2-4,7-8,15H2,1H3,(H,23,25). The summed E-state index contributed by atoms with van der Waals surface area (Å²) in [6, 6.07) is 13.3. The predicted molar refractivity (Wildman–Crippen MR) is 112 cm³/mol. The third kappa shape index (κ3) is 4.86. The van der Waals surface area contributed by atoms with E-state index in [0.29, 0.717) is 5.69 Å². The summed E-state index contributed by atoms with van der Waals surface area (Å²) in [7, 11) is -3.94. The lowest BCUT2D eigenvalue weighted by Gasteiger charge is -2.27. The maximum absolute atomic E-state index is 13.3. The number of benzene rings is 2. The summed E-state index contributed by atoms with van der Waals surface area (Å²) in [5.41, 5.74) is 1.25. The average Bonchev–Trinajstić information content (AvgIpc) is 2.68. The van der Waals surface area contributed by atoms with Crippen LogP contribution in [0.25, 0.3) is 0 Å². The van der Waals surface area contributed by atoms with Crippen LogP contribution in [0.15, 0.2) is 53.4 Å². The first-order valence-electron chi connectivity index (χ1n) is 9.51. The molecule has 3 rings (SSSR count). The van der Waals surface area contributed by atoms with E-state index in [1.807, 2.05) is 6.92 Å². The minimum Gasteiger partial charge on any atom is -0.352 e. The Labute approximate surface area is 171 Å². The van der Waals surface area contributed by atoms with Crippen LogP contribution in [0.3, 0.4) is 0 Å². The number of nitrogens with one attached hydrogen (secondary N) is 1. The maximum atomic E-state index is 13.3. The van der Waals surface area contributed by atoms with E-state index in [0.717, 1.165) is 35.6 Å². The number of aryl methyl sites for hydroxylation is 1. The number of nitrogens with zero attached hydrogens (tertiary/aromatic N) is 1. The highest BCUT2D eigenvalue weighted by Gasteiger charge is 2.29. The van der Waals surface area contributed by atoms with Crippen LogP contribution in [0.2, 0.25) is 5.02 Å². The Morgan fingerprint density at radius 2 is 1.71 bits per heavy atom. The van der Waals surface area contributed by atoms with Crippen molar-refractivity contribution < 1.29 is 13.2 Å². The van der Waals surface area contributed by atoms with Gasteiger partial charge in [0.1, 0.15) is 6.54 Å². The third-order valence-corrected chi connectivity index (χ3v) is 7.08. The Morgan fingerprint density at radius 1 is 1.07 bits per heavy atom. The molecule has 2 aromatic rings. The molecule has 0 heterocycles. The molecule has 1 saturated carbocycles. The molecule has 1 fully saturated rings. The number of hydrogen-bond acceptors (Lipinski definition) is 3. The molecule has 0 unspecified atom stereocenters. The molecule has 1 amide bonds. The SMILES string of the molecule is Cc1ccc(S(=O)(=O)N(CC(=O)NC2CCCCC2)c2ccccc2Cl)cc1. The van der Waals surface area contributed by atoms with Gasteiger partial charge in [-0.3, -0.25) is 9.10 Å². The van der Waals surface area contributed by atoms with Gasteiger partial charge in [0.05, 0.1) is 15.6 Å². The molecule has 0 aliphatic heterocycles. The first-order valence-corrected chi connectivity index (χ1v) is 11.3. The van der Waals surface area contributed by atoms with Gasteiger partial charge in [0.15, 0.2) is 0 Å². The average molecular weight is 421 g/mol. The number of hydrogen-bond donors (Lipinski definition) is 1. The summed E-state index contributed by atoms with van der Waals surface area (Å²) < 4.78 is 27.7. The van der Waals surface area contributed by atoms with Crippen molar-refractivity contribution in [3.8, 4) is 0 Å². The van der Waals surface area contributed by atoms with Crippen molar-refractivity contribution >= 4 is 33.2 Å². The first-order chi connectivity index (χ1) is 13.4. The van der Waals surface area contributed by atoms with E-state index in [1.54, 1.807) is 48.5 Å². The summed E-state index contributed by atoms with van der Waals surface area (Å²) in [6.07, 6.45) is 5.21. The van der Waals surface area contributed by atoms with E-state index in [-0.39, 0.29) is 28.4 Å². The van der Waals surface area contributed by atoms with Crippen molar-refractivity contribution in [1.29, 1.82) is 0 Å². The number of halogens is 1. The molecule has 1 N–H and O–H groups in total. The van der Waals surface area contributed by atoms with Crippen LogP contribution in [0.1, 0.15) is 37.7 Å². The molecule has 1 aliphatic rings. The van der Waals surface area contributed by atoms with Gasteiger partial charge in [-0.15, -0.1) is 0 Å². The number of sulfonamides is 1. The highest BCUT2D eigenvalue weighted by atomic mass is 35.5. The molecule has 1 aliphatic carbocycles. The summed E-state index contributed by atoms with van der Waals surface area (Å²) in [6.45, 7) is 1.58. The lowest BCUT2D eigenvalue weighted by Crippen LogP contribution is -2.45. The summed E-state index contributed by atoms with van der Waals surface area (Å²) in [5.74, 6) is -0.317. The van der Waals surface area contributed by atoms with Crippen molar-refractivity contribution in [3.05, 3.63) is 59.1 Å². The molecule has 0 radical (unpaired) electrons. The van der Waals surface area contributed by atoms with Gasteiger partial charge in [0.2, 0.25) is 5.91 Å². The van der Waals surface area contributed by atoms with E-state index in [9.17, 15) is 13.2 Å². The Kier molecular flexibility index (Phi) is 6.62. The van der Waals surface area contributed by atoms with Gasteiger partial charge in [0.25, 0.3) is 10.0 Å². The van der Waals surface area contributed by atoms with Crippen LogP contribution in [-0.4, -0.2) is 26.9 Å². The van der Waals surface area contributed by atoms with Gasteiger partial charge in [-0.25, -0.2) is 8.42 Å². The molecule has 0 aromatic heterocycles. The monoisotopic (exact) mass is 420 g/mol. The predicted octanol–water partition coefficient (Wildman–Crippen LogP) is 4.29. The number of carbonyl (C=O) groups excluding carboxylic acids is 1. The van der Waals surface area contributed by atoms with Crippen LogP contribution >= 0.6 is 11.6 Å². The topological polar surface area (TPSA) is 66.5 Å². The molecule has 0 saturated heterocycles.